The molecule has 26 heavy (non-hydrogen) atoms. The maximum atomic E-state index is 12.8. The molecule has 0 radical (unpaired) electrons. The summed E-state index contributed by atoms with van der Waals surface area (Å²) in [6.07, 6.45) is 0. The van der Waals surface area contributed by atoms with Crippen molar-refractivity contribution in [2.45, 2.75) is 33.7 Å². The summed E-state index contributed by atoms with van der Waals surface area (Å²) < 4.78 is 5.54. The highest BCUT2D eigenvalue weighted by Gasteiger charge is 2.25. The third-order valence-electron chi connectivity index (χ3n) is 3.99. The Balaban J connectivity index is 2.12. The van der Waals surface area contributed by atoms with Crippen LogP contribution in [0.1, 0.15) is 36.7 Å². The maximum absolute atomic E-state index is 12.8. The van der Waals surface area contributed by atoms with E-state index >= 15 is 0 Å². The third-order valence-corrected chi connectivity index (χ3v) is 3.99. The van der Waals surface area contributed by atoms with Crippen LogP contribution in [0.2, 0.25) is 0 Å². The molecule has 0 aliphatic rings. The second-order valence-corrected chi connectivity index (χ2v) is 6.48. The first-order chi connectivity index (χ1) is 12.4. The Labute approximate surface area is 154 Å². The second kappa shape index (κ2) is 9.04. The predicted octanol–water partition coefficient (Wildman–Crippen LogP) is 3.79. The first-order valence-corrected chi connectivity index (χ1v) is 8.82. The molecular weight excluding hydrogens is 328 g/mol. The van der Waals surface area contributed by atoms with E-state index < -0.39 is 6.04 Å². The van der Waals surface area contributed by atoms with E-state index in [0.29, 0.717) is 23.6 Å². The molecule has 0 heterocycles. The molecule has 1 unspecified atom stereocenters. The molecule has 0 bridgehead atoms. The van der Waals surface area contributed by atoms with Crippen LogP contribution in [-0.2, 0) is 4.79 Å². The lowest BCUT2D eigenvalue weighted by Crippen LogP contribution is -2.47. The maximum Gasteiger partial charge on any atom is 0.251 e. The Morgan fingerprint density at radius 3 is 2.31 bits per heavy atom. The third kappa shape index (κ3) is 5.09. The molecule has 1 atom stereocenters. The van der Waals surface area contributed by atoms with Crippen LogP contribution in [0.4, 0.5) is 5.69 Å². The van der Waals surface area contributed by atoms with Gasteiger partial charge in [0.05, 0.1) is 12.3 Å². The van der Waals surface area contributed by atoms with E-state index in [1.807, 2.05) is 52.0 Å². The van der Waals surface area contributed by atoms with Gasteiger partial charge in [-0.15, -0.1) is 0 Å². The van der Waals surface area contributed by atoms with Crippen LogP contribution in [0.25, 0.3) is 0 Å². The number of para-hydroxylation sites is 2. The minimum Gasteiger partial charge on any atom is -0.492 e. The van der Waals surface area contributed by atoms with Gasteiger partial charge in [0.25, 0.3) is 5.91 Å². The molecule has 2 N–H and O–H groups in total. The molecular formula is C21H26N2O3. The zero-order chi connectivity index (χ0) is 19.1. The lowest BCUT2D eigenvalue weighted by molar-refractivity contribution is -0.118. The molecule has 0 spiro atoms. The minimum atomic E-state index is -0.654. The molecule has 0 fully saturated rings. The van der Waals surface area contributed by atoms with Gasteiger partial charge in [0.15, 0.2) is 0 Å². The predicted molar refractivity (Wildman–Crippen MR) is 104 cm³/mol. The van der Waals surface area contributed by atoms with Crippen LogP contribution in [0, 0.1) is 12.8 Å². The van der Waals surface area contributed by atoms with Crippen LogP contribution >= 0.6 is 0 Å². The number of aryl methyl sites for hydroxylation is 1. The Bertz CT molecular complexity index is 754. The summed E-state index contributed by atoms with van der Waals surface area (Å²) in [7, 11) is 0. The Hall–Kier alpha value is -2.82. The summed E-state index contributed by atoms with van der Waals surface area (Å²) in [6.45, 7) is 8.14. The van der Waals surface area contributed by atoms with Crippen molar-refractivity contribution < 1.29 is 14.3 Å². The Morgan fingerprint density at radius 1 is 1.04 bits per heavy atom. The zero-order valence-electron chi connectivity index (χ0n) is 15.7. The van der Waals surface area contributed by atoms with Crippen LogP contribution < -0.4 is 15.4 Å². The normalized spacial score (nSPS) is 11.7. The van der Waals surface area contributed by atoms with Gasteiger partial charge >= 0.3 is 0 Å². The summed E-state index contributed by atoms with van der Waals surface area (Å²) in [5.74, 6) is 0.00364. The number of anilines is 1. The second-order valence-electron chi connectivity index (χ2n) is 6.48. The quantitative estimate of drug-likeness (QED) is 0.795. The van der Waals surface area contributed by atoms with Crippen LogP contribution in [-0.4, -0.2) is 24.5 Å². The fourth-order valence-electron chi connectivity index (χ4n) is 2.53. The van der Waals surface area contributed by atoms with E-state index in [0.717, 1.165) is 5.56 Å². The lowest BCUT2D eigenvalue weighted by Gasteiger charge is -2.22. The molecule has 0 aliphatic heterocycles. The molecule has 0 aromatic heterocycles. The molecule has 0 aliphatic carbocycles. The number of ether oxygens (including phenoxy) is 1. The van der Waals surface area contributed by atoms with E-state index in [2.05, 4.69) is 10.6 Å². The Kier molecular flexibility index (Phi) is 6.78. The molecule has 2 rings (SSSR count). The van der Waals surface area contributed by atoms with E-state index in [-0.39, 0.29) is 17.7 Å². The van der Waals surface area contributed by atoms with E-state index in [1.54, 1.807) is 24.3 Å². The number of nitrogens with one attached hydrogen (secondary N) is 2. The van der Waals surface area contributed by atoms with Gasteiger partial charge in [0.1, 0.15) is 11.8 Å². The number of rotatable bonds is 7. The highest BCUT2D eigenvalue weighted by Crippen LogP contribution is 2.24. The van der Waals surface area contributed by atoms with Crippen molar-refractivity contribution in [2.24, 2.45) is 5.92 Å². The first-order valence-electron chi connectivity index (χ1n) is 8.82. The molecule has 138 valence electrons. The summed E-state index contributed by atoms with van der Waals surface area (Å²) >= 11 is 0. The van der Waals surface area contributed by atoms with Gasteiger partial charge < -0.3 is 15.4 Å². The number of carbonyl (C=O) groups is 2. The summed E-state index contributed by atoms with van der Waals surface area (Å²) in [6, 6.07) is 13.9. The number of hydrogen-bond donors (Lipinski definition) is 2. The highest BCUT2D eigenvalue weighted by molar-refractivity contribution is 6.01. The highest BCUT2D eigenvalue weighted by atomic mass is 16.5. The van der Waals surface area contributed by atoms with E-state index in [4.69, 9.17) is 4.74 Å². The average Bonchev–Trinajstić information content (AvgIpc) is 2.61. The number of hydrogen-bond acceptors (Lipinski definition) is 3. The molecule has 2 amide bonds. The largest absolute Gasteiger partial charge is 0.492 e. The van der Waals surface area contributed by atoms with Crippen molar-refractivity contribution in [3.8, 4) is 5.75 Å². The van der Waals surface area contributed by atoms with E-state index in [1.165, 1.54) is 0 Å². The van der Waals surface area contributed by atoms with Crippen molar-refractivity contribution in [2.75, 3.05) is 11.9 Å². The zero-order valence-corrected chi connectivity index (χ0v) is 15.7. The number of benzene rings is 2. The van der Waals surface area contributed by atoms with Gasteiger partial charge in [0.2, 0.25) is 5.91 Å². The van der Waals surface area contributed by atoms with Gasteiger partial charge in [-0.2, -0.15) is 0 Å². The molecule has 2 aromatic carbocycles. The topological polar surface area (TPSA) is 67.4 Å². The molecule has 5 heteroatoms. The van der Waals surface area contributed by atoms with Gasteiger partial charge in [-0.25, -0.2) is 0 Å². The average molecular weight is 354 g/mol. The van der Waals surface area contributed by atoms with Gasteiger partial charge in [-0.3, -0.25) is 9.59 Å². The first kappa shape index (κ1) is 19.5. The van der Waals surface area contributed by atoms with Crippen molar-refractivity contribution >= 4 is 17.5 Å². The standard InChI is InChI=1S/C21H26N2O3/c1-5-26-18-9-7-6-8-17(18)22-21(25)19(14(2)3)23-20(24)16-12-10-15(4)11-13-16/h6-14,19H,5H2,1-4H3,(H,22,25)(H,23,24). The summed E-state index contributed by atoms with van der Waals surface area (Å²) in [4.78, 5) is 25.2. The fourth-order valence-corrected chi connectivity index (χ4v) is 2.53. The lowest BCUT2D eigenvalue weighted by atomic mass is 10.0. The molecule has 0 saturated heterocycles. The van der Waals surface area contributed by atoms with Gasteiger partial charge in [-0.05, 0) is 44.0 Å². The van der Waals surface area contributed by atoms with Crippen molar-refractivity contribution in [1.82, 2.24) is 5.32 Å². The van der Waals surface area contributed by atoms with E-state index in [9.17, 15) is 9.59 Å². The fraction of sp³-hybridized carbons (Fsp3) is 0.333. The van der Waals surface area contributed by atoms with Crippen molar-refractivity contribution in [3.63, 3.8) is 0 Å². The molecule has 0 saturated carbocycles. The summed E-state index contributed by atoms with van der Waals surface area (Å²) in [5.41, 5.74) is 2.20. The summed E-state index contributed by atoms with van der Waals surface area (Å²) in [5, 5.41) is 5.70. The SMILES string of the molecule is CCOc1ccccc1NC(=O)C(NC(=O)c1ccc(C)cc1)C(C)C. The minimum absolute atomic E-state index is 0.0661. The van der Waals surface area contributed by atoms with Crippen LogP contribution in [0.15, 0.2) is 48.5 Å². The molecule has 5 nitrogen and oxygen atoms in total. The van der Waals surface area contributed by atoms with Crippen LogP contribution in [0.5, 0.6) is 5.75 Å². The van der Waals surface area contributed by atoms with Gasteiger partial charge in [0, 0.05) is 5.56 Å². The molecule has 2 aromatic rings. The monoisotopic (exact) mass is 354 g/mol. The number of carbonyl (C=O) groups excluding carboxylic acids is 2. The van der Waals surface area contributed by atoms with Crippen molar-refractivity contribution in [1.29, 1.82) is 0 Å². The van der Waals surface area contributed by atoms with Crippen molar-refractivity contribution in [3.05, 3.63) is 59.7 Å². The number of amides is 2. The smallest absolute Gasteiger partial charge is 0.251 e. The van der Waals surface area contributed by atoms with Gasteiger partial charge in [-0.1, -0.05) is 43.7 Å². The van der Waals surface area contributed by atoms with Crippen LogP contribution in [0.3, 0.4) is 0 Å². The Morgan fingerprint density at radius 2 is 1.69 bits per heavy atom.